The number of ketones is 4. The number of aliphatic hydroxyl groups is 7. The van der Waals surface area contributed by atoms with E-state index in [0.29, 0.717) is 37.0 Å². The molecule has 3 aliphatic heterocycles. The molecular weight excluding hydrogens is 1550 g/mol. The Bertz CT molecular complexity index is 4280. The van der Waals surface area contributed by atoms with E-state index < -0.39 is 216 Å². The normalized spacial score (nSPS) is 31.4. The number of esters is 3. The average molecular weight is 1650 g/mol. The van der Waals surface area contributed by atoms with Gasteiger partial charge in [0.25, 0.3) is 0 Å². The maximum absolute atomic E-state index is 14.9. The van der Waals surface area contributed by atoms with Crippen molar-refractivity contribution in [2.24, 2.45) is 22.5 Å². The molecule has 13 N–H and O–H groups in total. The number of Topliss-reactive ketones (excluding diaryl/α,β-unsaturated/α-hetero) is 2. The van der Waals surface area contributed by atoms with E-state index in [4.69, 9.17) is 71.4 Å². The first-order valence-corrected chi connectivity index (χ1v) is 39.0. The van der Waals surface area contributed by atoms with Gasteiger partial charge in [0, 0.05) is 98.6 Å². The zero-order chi connectivity index (χ0) is 81.6. The van der Waals surface area contributed by atoms with Gasteiger partial charge in [-0.15, -0.1) is 35.6 Å². The number of nitrogens with one attached hydrogen (secondary N) is 2. The number of aromatic hydroxyl groups is 2. The van der Waals surface area contributed by atoms with E-state index >= 15 is 0 Å². The smallest absolute Gasteiger partial charge is 0.408 e. The molecule has 5 aliphatic carbocycles. The lowest BCUT2D eigenvalue weighted by molar-refractivity contribution is -0.346. The van der Waals surface area contributed by atoms with E-state index in [1.54, 1.807) is 94.7 Å². The molecule has 1 amide bonds. The molecule has 35 heteroatoms. The summed E-state index contributed by atoms with van der Waals surface area (Å²) < 4.78 is 65.7. The summed E-state index contributed by atoms with van der Waals surface area (Å²) in [6.45, 7) is 14.7. The average Bonchev–Trinajstić information content (AvgIpc) is 0.669. The van der Waals surface area contributed by atoms with Crippen molar-refractivity contribution in [1.82, 2.24) is 15.1 Å². The minimum atomic E-state index is -2.84. The van der Waals surface area contributed by atoms with Crippen molar-refractivity contribution < 1.29 is 131 Å². The second-order valence-electron chi connectivity index (χ2n) is 30.7. The van der Waals surface area contributed by atoms with Gasteiger partial charge < -0.3 is 99.4 Å². The number of hydrogen-bond donors (Lipinski definition) is 12. The number of carbonyl (C=O) groups excluding carboxylic acids is 8. The number of benzene rings is 4. The number of alkyl carbamates (subject to hydrolysis) is 1. The fourth-order valence-corrected chi connectivity index (χ4v) is 19.2. The molecule has 1 unspecified atom stereocenters. The van der Waals surface area contributed by atoms with Crippen LogP contribution in [0.15, 0.2) is 90.0 Å². The van der Waals surface area contributed by atoms with Crippen LogP contribution in [0, 0.1) is 16.7 Å². The maximum Gasteiger partial charge on any atom is 0.408 e. The van der Waals surface area contributed by atoms with Gasteiger partial charge in [-0.3, -0.25) is 28.5 Å². The molecule has 112 heavy (non-hydrogen) atoms. The molecule has 2 saturated carbocycles. The summed E-state index contributed by atoms with van der Waals surface area (Å²) in [5.74, 6) is -8.29. The van der Waals surface area contributed by atoms with Gasteiger partial charge in [0.15, 0.2) is 35.3 Å². The van der Waals surface area contributed by atoms with E-state index in [1.165, 1.54) is 51.3 Å². The summed E-state index contributed by atoms with van der Waals surface area (Å²) in [5.41, 5.74) is -5.76. The molecular formula is C77H98Cl3N4O27P. The number of carbonyl (C=O) groups is 8. The zero-order valence-electron chi connectivity index (χ0n) is 63.4. The number of methoxy groups -OCH3 is 1. The highest BCUT2D eigenvalue weighted by Gasteiger charge is 2.78. The number of ether oxygens (including phenoxy) is 8. The van der Waals surface area contributed by atoms with Crippen LogP contribution >= 0.6 is 43.3 Å². The molecule has 0 spiro atoms. The van der Waals surface area contributed by atoms with E-state index in [9.17, 15) is 88.9 Å². The summed E-state index contributed by atoms with van der Waals surface area (Å²) in [6.07, 6.45) is -15.7. The van der Waals surface area contributed by atoms with Crippen molar-refractivity contribution in [1.29, 1.82) is 0 Å². The Morgan fingerprint density at radius 3 is 2.05 bits per heavy atom. The molecule has 8 aliphatic rings. The monoisotopic (exact) mass is 1650 g/mol. The number of halogens is 3. The Morgan fingerprint density at radius 2 is 1.49 bits per heavy atom. The Kier molecular flexibility index (Phi) is 27.6. The zero-order valence-corrected chi connectivity index (χ0v) is 66.6. The molecule has 0 aromatic heterocycles. The standard InChI is InChI=1S/C43H53NO14.C27H29NO11.C7H15Cl2N2O2P.ClH/c1-22-26(55-37(51)32(48)30(24-15-11-9-12-16-24)44-38(52)58-39(3,4)5)20-43(53)35(56-36(50)25-17-13-10-14-18-25)33-41(8,34(49)31(47)29(22)40(43,6)7)27(46)19-28-42(33,21-54-28)57-23(2)45;1-10-22(31)13(28)6-17(38-10)39-15-8-27(36,16(30)9-29)7-12-19(15)26(35)21-20(24(12)33)23(32)11-4-3-5-14(37-2)18(11)25(21)34;8-2-5-11(6-3-9)14(12)10-4-1-7-13-14;/h9-18,26-28,30-33,35,46-48,53H,19-21H2,1-8H3,(H,44,52);3-5,10,13,15,17,22,29,31,33,35-36H,6-9,28H2,1-2H3;1-7H2,(H,10,12);1H/t26-,27-,28+,30-,31+,32+,33-,35-,41+,42-,43+;10-,13-,15-,17-,22+,27-;;/m00../s1. The molecule has 18 atom stereocenters. The molecule has 31 nitrogen and oxygen atoms in total. The summed E-state index contributed by atoms with van der Waals surface area (Å²) in [4.78, 5) is 109. The predicted molar refractivity (Wildman–Crippen MR) is 402 cm³/mol. The third-order valence-electron chi connectivity index (χ3n) is 22.3. The first-order valence-electron chi connectivity index (χ1n) is 36.3. The number of aliphatic hydroxyl groups excluding tert-OH is 5. The van der Waals surface area contributed by atoms with Crippen LogP contribution in [-0.2, 0) is 67.8 Å². The van der Waals surface area contributed by atoms with Crippen molar-refractivity contribution in [2.45, 2.75) is 197 Å². The number of phenolic OH excluding ortho intramolecular Hbond substituents is 2. The van der Waals surface area contributed by atoms with Gasteiger partial charge in [-0.25, -0.2) is 24.1 Å². The molecule has 0 radical (unpaired) electrons. The highest BCUT2D eigenvalue weighted by Crippen LogP contribution is 2.65. The Morgan fingerprint density at radius 1 is 0.857 bits per heavy atom. The topological polar surface area (TPSA) is 472 Å². The Hall–Kier alpha value is -7.08. The highest BCUT2D eigenvalue weighted by atomic mass is 35.5. The third-order valence-corrected chi connectivity index (χ3v) is 25.0. The number of amides is 1. The fourth-order valence-electron chi connectivity index (χ4n) is 16.6. The second kappa shape index (κ2) is 34.8. The Labute approximate surface area is 662 Å². The number of alkyl halides is 2. The van der Waals surface area contributed by atoms with Gasteiger partial charge >= 0.3 is 31.7 Å². The largest absolute Gasteiger partial charge is 0.507 e. The lowest BCUT2D eigenvalue weighted by Gasteiger charge is -2.67. The molecule has 4 aromatic carbocycles. The number of phenols is 2. The number of fused-ring (bicyclic) bond motifs is 8. The number of hydrogen-bond acceptors (Lipinski definition) is 28. The fraction of sp³-hybridized carbons (Fsp3) is 0.558. The van der Waals surface area contributed by atoms with E-state index in [2.05, 4.69) is 10.4 Å². The van der Waals surface area contributed by atoms with Crippen molar-refractivity contribution in [3.63, 3.8) is 0 Å². The SMILES string of the molecule is CC(=O)O[C@@]12CO[C@@H]1C[C@H](O)[C@@]1(C)C(=O)[C@H](O)C3=C(C)[C@@H](OC(=O)[C@H](O)[C@@H](NC(=O)OC(C)(C)C)c4ccccc4)C[C@@](O)([C@@H](OC(=O)c4ccccc4)[C@H]21)C3(C)C.COc1cccc2c1C(=O)c1c(O)c3c(c(O)c1C2=O)C[C@@](O)(C(=O)CO)C[C@@H]3O[C@H]1C[C@H](N)[C@H](O)[C@H](C)O1.Cl.O=P1(N(CCCl)CCCl)NCCCO1. The molecule has 3 saturated heterocycles. The van der Waals surface area contributed by atoms with Crippen LogP contribution in [0.2, 0.25) is 0 Å². The van der Waals surface area contributed by atoms with Gasteiger partial charge in [0.2, 0.25) is 5.78 Å². The van der Waals surface area contributed by atoms with Crippen LogP contribution < -0.4 is 20.9 Å². The van der Waals surface area contributed by atoms with Crippen molar-refractivity contribution in [3.8, 4) is 17.2 Å². The highest BCUT2D eigenvalue weighted by molar-refractivity contribution is 7.54. The molecule has 3 heterocycles. The first kappa shape index (κ1) is 88.9. The van der Waals surface area contributed by atoms with Gasteiger partial charge in [-0.05, 0) is 82.9 Å². The van der Waals surface area contributed by atoms with Crippen molar-refractivity contribution in [2.75, 3.05) is 58.3 Å². The minimum Gasteiger partial charge on any atom is -0.507 e. The number of nitrogens with zero attached hydrogens (tertiary/aromatic N) is 1. The number of nitrogens with two attached hydrogens (primary N) is 1. The van der Waals surface area contributed by atoms with E-state index in [1.807, 2.05) is 0 Å². The van der Waals surface area contributed by atoms with Gasteiger partial charge in [0.1, 0.15) is 65.1 Å². The van der Waals surface area contributed by atoms with Crippen LogP contribution in [0.25, 0.3) is 0 Å². The lowest BCUT2D eigenvalue weighted by atomic mass is 9.44. The molecule has 12 rings (SSSR count). The summed E-state index contributed by atoms with van der Waals surface area (Å²) in [6, 6.07) is 18.3. The van der Waals surface area contributed by atoms with Crippen LogP contribution in [0.3, 0.4) is 0 Å². The van der Waals surface area contributed by atoms with Crippen LogP contribution in [0.4, 0.5) is 4.79 Å². The summed E-state index contributed by atoms with van der Waals surface area (Å²) in [7, 11) is -1.52. The second-order valence-corrected chi connectivity index (χ2v) is 33.6. The summed E-state index contributed by atoms with van der Waals surface area (Å²) >= 11 is 11.2. The van der Waals surface area contributed by atoms with Crippen molar-refractivity contribution in [3.05, 3.63) is 135 Å². The summed E-state index contributed by atoms with van der Waals surface area (Å²) in [5, 5.41) is 108. The number of rotatable bonds is 18. The van der Waals surface area contributed by atoms with E-state index in [0.717, 1.165) is 19.9 Å². The minimum absolute atomic E-state index is 0. The van der Waals surface area contributed by atoms with Gasteiger partial charge in [0.05, 0.1) is 84.4 Å². The van der Waals surface area contributed by atoms with Gasteiger partial charge in [-0.1, -0.05) is 74.5 Å². The lowest BCUT2D eigenvalue weighted by Crippen LogP contribution is -2.81. The predicted octanol–water partition coefficient (Wildman–Crippen LogP) is 5.57. The first-order chi connectivity index (χ1) is 52.1. The van der Waals surface area contributed by atoms with E-state index in [-0.39, 0.29) is 76.6 Å². The third kappa shape index (κ3) is 16.7. The molecule has 614 valence electrons. The van der Waals surface area contributed by atoms with Crippen LogP contribution in [0.5, 0.6) is 17.2 Å². The van der Waals surface area contributed by atoms with Gasteiger partial charge in [-0.2, -0.15) is 0 Å². The Balaban J connectivity index is 0.000000228. The van der Waals surface area contributed by atoms with Crippen molar-refractivity contribution >= 4 is 90.4 Å². The maximum atomic E-state index is 14.9. The van der Waals surface area contributed by atoms with Crippen LogP contribution in [-0.4, -0.2) is 240 Å². The molecule has 2 bridgehead atoms. The quantitative estimate of drug-likeness (QED) is 0.0127. The van der Waals surface area contributed by atoms with Crippen LogP contribution in [0.1, 0.15) is 165 Å². The molecule has 5 fully saturated rings. The molecule has 4 aromatic rings.